The number of anilines is 1. The Morgan fingerprint density at radius 2 is 1.67 bits per heavy atom. The molecule has 30 heteroatoms. The zero-order valence-electron chi connectivity index (χ0n) is 30.6. The lowest BCUT2D eigenvalue weighted by Gasteiger charge is -2.30. The number of nitrogens with zero attached hydrogens (tertiary/aromatic N) is 4. The molecular weight excluding hydrogens is 851 g/mol. The summed E-state index contributed by atoms with van der Waals surface area (Å²) in [5.74, 6) is -2.35. The number of nitrogen functional groups attached to an aromatic ring is 1. The highest BCUT2D eigenvalue weighted by atomic mass is 32.2. The monoisotopic (exact) mass is 895 g/mol. The van der Waals surface area contributed by atoms with Crippen LogP contribution in [-0.2, 0) is 55.5 Å². The van der Waals surface area contributed by atoms with Gasteiger partial charge in [-0.1, -0.05) is 39.5 Å². The van der Waals surface area contributed by atoms with Crippen molar-refractivity contribution in [3.05, 3.63) is 12.7 Å². The molecule has 1 aliphatic rings. The Morgan fingerprint density at radius 3 is 2.30 bits per heavy atom. The molecule has 0 aromatic carbocycles. The van der Waals surface area contributed by atoms with Gasteiger partial charge in [-0.3, -0.25) is 37.3 Å². The van der Waals surface area contributed by atoms with Gasteiger partial charge < -0.3 is 56.0 Å². The number of nitrogens with one attached hydrogen (secondary N) is 2. The van der Waals surface area contributed by atoms with Crippen molar-refractivity contribution < 1.29 is 90.4 Å². The Kier molecular flexibility index (Phi) is 16.6. The van der Waals surface area contributed by atoms with Crippen LogP contribution >= 0.6 is 35.2 Å². The van der Waals surface area contributed by atoms with Crippen LogP contribution in [0.2, 0.25) is 0 Å². The van der Waals surface area contributed by atoms with E-state index in [1.54, 1.807) is 0 Å². The molecule has 57 heavy (non-hydrogen) atoms. The van der Waals surface area contributed by atoms with Gasteiger partial charge in [0, 0.05) is 30.7 Å². The van der Waals surface area contributed by atoms with E-state index in [9.17, 15) is 67.8 Å². The molecule has 1 fully saturated rings. The van der Waals surface area contributed by atoms with Gasteiger partial charge in [-0.15, -0.1) is 0 Å². The molecule has 0 aliphatic carbocycles. The molecule has 3 rings (SSSR count). The van der Waals surface area contributed by atoms with Crippen molar-refractivity contribution in [2.24, 2.45) is 10.8 Å². The average molecular weight is 896 g/mol. The highest BCUT2D eigenvalue weighted by molar-refractivity contribution is 8.15. The first-order chi connectivity index (χ1) is 26.2. The van der Waals surface area contributed by atoms with E-state index < -0.39 is 107 Å². The van der Waals surface area contributed by atoms with E-state index in [2.05, 4.69) is 34.4 Å². The lowest BCUT2D eigenvalue weighted by molar-refractivity contribution is -0.138. The third-order valence-corrected chi connectivity index (χ3v) is 11.9. The lowest BCUT2D eigenvalue weighted by Crippen LogP contribution is -2.46. The first-order valence-corrected chi connectivity index (χ1v) is 21.9. The minimum Gasteiger partial charge on any atom is -0.395 e. The highest BCUT2D eigenvalue weighted by Gasteiger charge is 2.50. The fourth-order valence-corrected chi connectivity index (χ4v) is 8.31. The molecule has 0 radical (unpaired) electrons. The fraction of sp³-hybridized carbons (Fsp3) is 0.667. The summed E-state index contributed by atoms with van der Waals surface area (Å²) < 4.78 is 62.0. The van der Waals surface area contributed by atoms with Crippen LogP contribution in [0.1, 0.15) is 40.3 Å². The topological polar surface area (TPSA) is 401 Å². The smallest absolute Gasteiger partial charge is 0.395 e. The second-order valence-electron chi connectivity index (χ2n) is 13.6. The third kappa shape index (κ3) is 13.9. The number of carbonyl (C=O) groups is 4. The number of phosphoric ester groups is 3. The molecule has 0 spiro atoms. The van der Waals surface area contributed by atoms with Crippen molar-refractivity contribution in [3.8, 4) is 0 Å². The normalized spacial score (nSPS) is 21.7. The number of fused-ring (bicyclic) bond motifs is 1. The summed E-state index contributed by atoms with van der Waals surface area (Å²) in [6.45, 7) is 2.39. The van der Waals surface area contributed by atoms with Gasteiger partial charge in [-0.2, -0.15) is 4.31 Å². The highest BCUT2D eigenvalue weighted by Crippen LogP contribution is 2.61. The van der Waals surface area contributed by atoms with Gasteiger partial charge in [0.1, 0.15) is 36.3 Å². The Labute approximate surface area is 327 Å². The zero-order valence-corrected chi connectivity index (χ0v) is 34.1. The molecule has 2 aromatic heterocycles. The van der Waals surface area contributed by atoms with Gasteiger partial charge in [0.05, 0.1) is 31.6 Å². The van der Waals surface area contributed by atoms with Crippen LogP contribution in [-0.4, -0.2) is 140 Å². The largest absolute Gasteiger partial charge is 0.481 e. The number of aliphatic hydroxyl groups is 3. The lowest BCUT2D eigenvalue weighted by atomic mass is 9.87. The van der Waals surface area contributed by atoms with Gasteiger partial charge >= 0.3 is 23.5 Å². The van der Waals surface area contributed by atoms with E-state index in [1.165, 1.54) is 27.7 Å². The maximum atomic E-state index is 12.7. The van der Waals surface area contributed by atoms with Crippen LogP contribution in [0.15, 0.2) is 12.7 Å². The summed E-state index contributed by atoms with van der Waals surface area (Å²) in [4.78, 5) is 99.5. The number of aliphatic hydroxyl groups excluding tert-OH is 3. The zero-order chi connectivity index (χ0) is 43.1. The molecule has 0 bridgehead atoms. The fourth-order valence-electron chi connectivity index (χ4n) is 4.69. The maximum absolute atomic E-state index is 12.7. The van der Waals surface area contributed by atoms with Gasteiger partial charge in [0.25, 0.3) is 5.12 Å². The van der Waals surface area contributed by atoms with Crippen LogP contribution < -0.4 is 16.4 Å². The summed E-state index contributed by atoms with van der Waals surface area (Å²) in [5.41, 5.74) is 2.95. The Morgan fingerprint density at radius 1 is 1.02 bits per heavy atom. The molecule has 322 valence electrons. The van der Waals surface area contributed by atoms with Crippen molar-refractivity contribution in [3.63, 3.8) is 0 Å². The van der Waals surface area contributed by atoms with E-state index in [1.807, 2.05) is 0 Å². The van der Waals surface area contributed by atoms with Gasteiger partial charge in [-0.25, -0.2) is 28.6 Å². The van der Waals surface area contributed by atoms with E-state index in [4.69, 9.17) is 19.5 Å². The number of amides is 2. The number of carbonyl (C=O) groups excluding carboxylic acids is 4. The number of hydrogen-bond acceptors (Lipinski definition) is 20. The summed E-state index contributed by atoms with van der Waals surface area (Å²) in [7, 11) is -16.5. The van der Waals surface area contributed by atoms with Crippen molar-refractivity contribution in [1.29, 1.82) is 0 Å². The molecule has 11 N–H and O–H groups in total. The number of hydrogen-bond donors (Lipinski definition) is 10. The predicted molar refractivity (Wildman–Crippen MR) is 193 cm³/mol. The van der Waals surface area contributed by atoms with E-state index in [0.29, 0.717) is 11.8 Å². The molecule has 7 unspecified atom stereocenters. The quantitative estimate of drug-likeness (QED) is 0.0356. The average Bonchev–Trinajstić information content (AvgIpc) is 3.67. The van der Waals surface area contributed by atoms with E-state index in [0.717, 1.165) is 17.2 Å². The summed E-state index contributed by atoms with van der Waals surface area (Å²) >= 11 is 0.660. The number of nitrogens with two attached hydrogens (primary N) is 1. The molecule has 2 amide bonds. The number of ether oxygens (including phenoxy) is 1. The number of ketones is 1. The SMILES string of the molecule is CC(C)(CO)C(=O)C(=O)SCCNC(=O)CCNC(=O)C(O)C(C)(C)COP(=O)(O)OP(=O)(O)OCC1OC(n2cnc3c(N)ncnc32)C(O)C1OP(=O)(O)O. The van der Waals surface area contributed by atoms with Gasteiger partial charge in [-0.05, 0) is 0 Å². The molecule has 1 aliphatic heterocycles. The number of imidazole rings is 1. The number of aromatic nitrogens is 4. The summed E-state index contributed by atoms with van der Waals surface area (Å²) in [6, 6.07) is 0. The number of rotatable bonds is 22. The first-order valence-electron chi connectivity index (χ1n) is 16.4. The van der Waals surface area contributed by atoms with Crippen molar-refractivity contribution in [2.45, 2.75) is 64.8 Å². The van der Waals surface area contributed by atoms with E-state index >= 15 is 0 Å². The molecular formula is C27H44N7O19P3S. The van der Waals surface area contributed by atoms with E-state index in [-0.39, 0.29) is 42.2 Å². The Bertz CT molecular complexity index is 1930. The second-order valence-corrected chi connectivity index (χ2v) is 18.9. The van der Waals surface area contributed by atoms with Crippen molar-refractivity contribution in [2.75, 3.05) is 44.4 Å². The maximum Gasteiger partial charge on any atom is 0.481 e. The molecule has 1 saturated heterocycles. The molecule has 7 atom stereocenters. The van der Waals surface area contributed by atoms with Crippen LogP contribution in [0, 0.1) is 10.8 Å². The minimum atomic E-state index is -5.59. The molecule has 2 aromatic rings. The van der Waals surface area contributed by atoms with Crippen molar-refractivity contribution >= 4 is 74.9 Å². The molecule has 26 nitrogen and oxygen atoms in total. The first kappa shape index (κ1) is 48.6. The second kappa shape index (κ2) is 19.5. The molecule has 3 heterocycles. The van der Waals surface area contributed by atoms with Crippen LogP contribution in [0.4, 0.5) is 5.82 Å². The summed E-state index contributed by atoms with van der Waals surface area (Å²) in [6.07, 6.45) is -7.14. The van der Waals surface area contributed by atoms with Crippen LogP contribution in [0.3, 0.4) is 0 Å². The number of phosphoric acid groups is 3. The summed E-state index contributed by atoms with van der Waals surface area (Å²) in [5, 5.41) is 34.6. The number of Topliss-reactive ketones (excluding diaryl/α,β-unsaturated/α-hetero) is 1. The van der Waals surface area contributed by atoms with Gasteiger partial charge in [0.2, 0.25) is 17.6 Å². The predicted octanol–water partition coefficient (Wildman–Crippen LogP) is -1.75. The Balaban J connectivity index is 1.49. The third-order valence-electron chi connectivity index (χ3n) is 7.93. The Hall–Kier alpha value is -2.81. The molecule has 0 saturated carbocycles. The number of thioether (sulfide) groups is 1. The van der Waals surface area contributed by atoms with Gasteiger partial charge in [0.15, 0.2) is 17.7 Å². The minimum absolute atomic E-state index is 0.00203. The van der Waals surface area contributed by atoms with Crippen LogP contribution in [0.5, 0.6) is 0 Å². The van der Waals surface area contributed by atoms with Crippen molar-refractivity contribution in [1.82, 2.24) is 30.2 Å². The van der Waals surface area contributed by atoms with Crippen LogP contribution in [0.25, 0.3) is 11.2 Å². The standard InChI is InChI=1S/C27H44N7O19P3S/c1-26(2,10-35)20(39)25(41)57-8-7-29-15(36)5-6-30-23(40)19(38)27(3,4)11-50-56(47,48)53-55(45,46)49-9-14-18(52-54(42,43)44)17(37)24(51-14)34-13-33-16-21(28)31-12-32-22(16)34/h12-14,17-19,24,35,37-38H,5-11H2,1-4H3,(H,29,36)(H,30,40)(H,45,46)(H,47,48)(H2,28,31,32)(H2,42,43,44).